The van der Waals surface area contributed by atoms with Crippen molar-refractivity contribution in [2.45, 2.75) is 51.0 Å². The highest BCUT2D eigenvalue weighted by molar-refractivity contribution is 5.98. The van der Waals surface area contributed by atoms with Gasteiger partial charge in [-0.05, 0) is 66.6 Å². The molecule has 1 heterocycles. The fourth-order valence-corrected chi connectivity index (χ4v) is 5.42. The molecule has 5 rings (SSSR count). The van der Waals surface area contributed by atoms with E-state index in [1.165, 1.54) is 5.01 Å². The zero-order valence-electron chi connectivity index (χ0n) is 22.5. The van der Waals surface area contributed by atoms with E-state index in [0.29, 0.717) is 23.7 Å². The van der Waals surface area contributed by atoms with Gasteiger partial charge in [-0.25, -0.2) is 5.01 Å². The predicted octanol–water partition coefficient (Wildman–Crippen LogP) is 5.51. The Hall–Kier alpha value is -4.46. The van der Waals surface area contributed by atoms with Gasteiger partial charge in [0.2, 0.25) is 11.8 Å². The summed E-state index contributed by atoms with van der Waals surface area (Å²) < 4.78 is 5.54. The molecule has 0 radical (unpaired) electrons. The molecule has 1 fully saturated rings. The van der Waals surface area contributed by atoms with Crippen molar-refractivity contribution in [1.29, 1.82) is 0 Å². The molecular formula is C32H33N3O5. The number of hydrazone groups is 1. The first-order chi connectivity index (χ1) is 19.4. The standard InChI is InChI=1S/C32H33N3O5/c1-21(32(38)39)26-12-7-13-27(18-26)33-30(37)29(23-8-5-6-9-23)24-16-14-22(15-17-24)19-35-28(36)20-40-31(34-35)25-10-3-2-4-11-25/h2-4,7,10-18,21,23,29H,5-6,8-9,19-20H2,1H3,(H,33,37)(H,38,39). The molecule has 0 aromatic heterocycles. The summed E-state index contributed by atoms with van der Waals surface area (Å²) in [7, 11) is 0. The van der Waals surface area contributed by atoms with E-state index in [1.807, 2.05) is 54.6 Å². The van der Waals surface area contributed by atoms with Crippen molar-refractivity contribution < 1.29 is 24.2 Å². The second-order valence-corrected chi connectivity index (χ2v) is 10.4. The van der Waals surface area contributed by atoms with E-state index in [2.05, 4.69) is 10.4 Å². The van der Waals surface area contributed by atoms with E-state index in [1.54, 1.807) is 31.2 Å². The van der Waals surface area contributed by atoms with E-state index in [4.69, 9.17) is 4.74 Å². The maximum Gasteiger partial charge on any atom is 0.310 e. The molecule has 3 aromatic rings. The van der Waals surface area contributed by atoms with E-state index in [0.717, 1.165) is 42.4 Å². The van der Waals surface area contributed by atoms with Crippen LogP contribution in [0.3, 0.4) is 0 Å². The summed E-state index contributed by atoms with van der Waals surface area (Å²) >= 11 is 0. The van der Waals surface area contributed by atoms with E-state index in [-0.39, 0.29) is 30.3 Å². The number of nitrogens with one attached hydrogen (secondary N) is 1. The second kappa shape index (κ2) is 12.2. The van der Waals surface area contributed by atoms with Crippen molar-refractivity contribution in [2.75, 3.05) is 11.9 Å². The Morgan fingerprint density at radius 2 is 1.73 bits per heavy atom. The van der Waals surface area contributed by atoms with Crippen LogP contribution in [-0.4, -0.2) is 40.4 Å². The van der Waals surface area contributed by atoms with Crippen LogP contribution >= 0.6 is 0 Å². The van der Waals surface area contributed by atoms with Crippen molar-refractivity contribution in [3.63, 3.8) is 0 Å². The van der Waals surface area contributed by atoms with Gasteiger partial charge in [-0.15, -0.1) is 5.10 Å². The normalized spacial score (nSPS) is 17.1. The lowest BCUT2D eigenvalue weighted by Gasteiger charge is -2.25. The van der Waals surface area contributed by atoms with Crippen LogP contribution in [0.2, 0.25) is 0 Å². The molecular weight excluding hydrogens is 506 g/mol. The van der Waals surface area contributed by atoms with Crippen molar-refractivity contribution >= 4 is 29.4 Å². The van der Waals surface area contributed by atoms with Crippen LogP contribution in [0.4, 0.5) is 5.69 Å². The van der Waals surface area contributed by atoms with Gasteiger partial charge in [0, 0.05) is 11.3 Å². The highest BCUT2D eigenvalue weighted by atomic mass is 16.5. The lowest BCUT2D eigenvalue weighted by atomic mass is 9.83. The lowest BCUT2D eigenvalue weighted by Crippen LogP contribution is -2.36. The number of anilines is 1. The summed E-state index contributed by atoms with van der Waals surface area (Å²) in [5.74, 6) is -1.58. The highest BCUT2D eigenvalue weighted by Crippen LogP contribution is 2.38. The summed E-state index contributed by atoms with van der Waals surface area (Å²) in [6.45, 7) is 1.86. The molecule has 2 aliphatic rings. The summed E-state index contributed by atoms with van der Waals surface area (Å²) in [6, 6.07) is 24.3. The fraction of sp³-hybridized carbons (Fsp3) is 0.312. The molecule has 0 bridgehead atoms. The Morgan fingerprint density at radius 1 is 1.00 bits per heavy atom. The highest BCUT2D eigenvalue weighted by Gasteiger charge is 2.32. The average Bonchev–Trinajstić information content (AvgIpc) is 3.50. The largest absolute Gasteiger partial charge is 0.481 e. The number of hydrogen-bond donors (Lipinski definition) is 2. The summed E-state index contributed by atoms with van der Waals surface area (Å²) in [5.41, 5.74) is 3.86. The Balaban J connectivity index is 1.33. The quantitative estimate of drug-likeness (QED) is 0.373. The molecule has 2 amide bonds. The van der Waals surface area contributed by atoms with Gasteiger partial charge in [0.1, 0.15) is 0 Å². The molecule has 1 aliphatic carbocycles. The van der Waals surface area contributed by atoms with Gasteiger partial charge in [0.15, 0.2) is 6.61 Å². The lowest BCUT2D eigenvalue weighted by molar-refractivity contribution is -0.138. The minimum Gasteiger partial charge on any atom is -0.481 e. The number of rotatable bonds is 9. The number of carboxylic acids is 1. The molecule has 8 nitrogen and oxygen atoms in total. The van der Waals surface area contributed by atoms with Crippen LogP contribution in [0.25, 0.3) is 0 Å². The smallest absolute Gasteiger partial charge is 0.310 e. The zero-order chi connectivity index (χ0) is 28.1. The van der Waals surface area contributed by atoms with Crippen molar-refractivity contribution in [2.24, 2.45) is 11.0 Å². The summed E-state index contributed by atoms with van der Waals surface area (Å²) in [4.78, 5) is 37.5. The number of aliphatic carboxylic acids is 1. The van der Waals surface area contributed by atoms with Gasteiger partial charge >= 0.3 is 5.97 Å². The number of ether oxygens (including phenoxy) is 1. The van der Waals surface area contributed by atoms with Crippen molar-refractivity contribution in [3.8, 4) is 0 Å². The second-order valence-electron chi connectivity index (χ2n) is 10.4. The number of carbonyl (C=O) groups is 3. The van der Waals surface area contributed by atoms with Gasteiger partial charge in [-0.2, -0.15) is 0 Å². The maximum absolute atomic E-state index is 13.6. The Labute approximate surface area is 233 Å². The Morgan fingerprint density at radius 3 is 2.42 bits per heavy atom. The van der Waals surface area contributed by atoms with E-state index >= 15 is 0 Å². The Bertz CT molecular complexity index is 1400. The fourth-order valence-electron chi connectivity index (χ4n) is 5.42. The minimum atomic E-state index is -0.909. The van der Waals surface area contributed by atoms with Crippen LogP contribution in [0, 0.1) is 5.92 Å². The minimum absolute atomic E-state index is 0.0673. The van der Waals surface area contributed by atoms with Crippen LogP contribution < -0.4 is 5.32 Å². The number of amides is 2. The average molecular weight is 540 g/mol. The van der Waals surface area contributed by atoms with Crippen molar-refractivity contribution in [1.82, 2.24) is 5.01 Å². The van der Waals surface area contributed by atoms with Crippen LogP contribution in [0.5, 0.6) is 0 Å². The molecule has 0 spiro atoms. The number of benzene rings is 3. The van der Waals surface area contributed by atoms with E-state index < -0.39 is 11.9 Å². The molecule has 206 valence electrons. The van der Waals surface area contributed by atoms with E-state index in [9.17, 15) is 19.5 Å². The maximum atomic E-state index is 13.6. The van der Waals surface area contributed by atoms with Crippen LogP contribution in [0.1, 0.15) is 66.7 Å². The van der Waals surface area contributed by atoms with Gasteiger partial charge < -0.3 is 15.2 Å². The van der Waals surface area contributed by atoms with Gasteiger partial charge in [-0.1, -0.05) is 67.4 Å². The number of carbonyl (C=O) groups excluding carboxylic acids is 2. The Kier molecular flexibility index (Phi) is 8.24. The third-order valence-electron chi connectivity index (χ3n) is 7.70. The topological polar surface area (TPSA) is 108 Å². The third-order valence-corrected chi connectivity index (χ3v) is 7.70. The van der Waals surface area contributed by atoms with Gasteiger partial charge in [0.05, 0.1) is 18.4 Å². The SMILES string of the molecule is CC(C(=O)O)c1cccc(NC(=O)C(c2ccc(CN3N=C(c4ccccc4)OCC3=O)cc2)C2CCCC2)c1. The van der Waals surface area contributed by atoms with Crippen molar-refractivity contribution in [3.05, 3.63) is 101 Å². The van der Waals surface area contributed by atoms with Gasteiger partial charge in [-0.3, -0.25) is 14.4 Å². The molecule has 1 aliphatic heterocycles. The predicted molar refractivity (Wildman–Crippen MR) is 152 cm³/mol. The van der Waals surface area contributed by atoms with Crippen LogP contribution in [-0.2, 0) is 25.7 Å². The van der Waals surface area contributed by atoms with Crippen LogP contribution in [0.15, 0.2) is 84.0 Å². The zero-order valence-corrected chi connectivity index (χ0v) is 22.5. The molecule has 2 N–H and O–H groups in total. The summed E-state index contributed by atoms with van der Waals surface area (Å²) in [6.07, 6.45) is 4.16. The first-order valence-electron chi connectivity index (χ1n) is 13.7. The summed E-state index contributed by atoms with van der Waals surface area (Å²) in [5, 5.41) is 18.3. The molecule has 0 saturated heterocycles. The first kappa shape index (κ1) is 27.1. The third kappa shape index (κ3) is 6.22. The molecule has 1 saturated carbocycles. The molecule has 2 atom stereocenters. The molecule has 40 heavy (non-hydrogen) atoms. The number of carboxylic acid groups (broad SMARTS) is 1. The van der Waals surface area contributed by atoms with Gasteiger partial charge in [0.25, 0.3) is 5.91 Å². The first-order valence-corrected chi connectivity index (χ1v) is 13.7. The molecule has 8 heteroatoms. The number of hydrogen-bond acceptors (Lipinski definition) is 5. The monoisotopic (exact) mass is 539 g/mol. The molecule has 2 unspecified atom stereocenters. The number of nitrogens with zero attached hydrogens (tertiary/aromatic N) is 2. The molecule has 3 aromatic carbocycles.